The molecule has 2 nitrogen and oxygen atoms in total. The highest BCUT2D eigenvalue weighted by Gasteiger charge is 2.22. The van der Waals surface area contributed by atoms with E-state index >= 15 is 0 Å². The van der Waals surface area contributed by atoms with E-state index in [4.69, 9.17) is 0 Å². The standard InChI is InChI=1S/C70H50N2/c1-5-21-53(22-6-1)63-29-13-17-33-67(63)71(68-34-18-14-30-64(68)54-23-7-2-8-24-54)61-45-43-57-47-51(39-41-59(57)49-61)37-38-52-40-42-60-50-62(46-44-58(60)48-52)72(69-35-19-15-31-65(69)55-25-9-3-10-26-55)70-36-20-16-32-66(70)56-27-11-4-12-28-56/h1-50H. The summed E-state index contributed by atoms with van der Waals surface area (Å²) in [5.74, 6) is 0. The Kier molecular flexibility index (Phi) is 12.1. The number of rotatable bonds is 12. The second-order valence-electron chi connectivity index (χ2n) is 18.1. The van der Waals surface area contributed by atoms with E-state index in [1.54, 1.807) is 0 Å². The Morgan fingerprint density at radius 2 is 0.458 bits per heavy atom. The molecule has 0 bridgehead atoms. The van der Waals surface area contributed by atoms with Gasteiger partial charge >= 0.3 is 0 Å². The van der Waals surface area contributed by atoms with Gasteiger partial charge in [0.15, 0.2) is 0 Å². The van der Waals surface area contributed by atoms with Gasteiger partial charge in [0.2, 0.25) is 0 Å². The Labute approximate surface area is 422 Å². The number of hydrogen-bond acceptors (Lipinski definition) is 2. The number of hydrogen-bond donors (Lipinski definition) is 0. The lowest BCUT2D eigenvalue weighted by atomic mass is 9.98. The van der Waals surface area contributed by atoms with Crippen LogP contribution < -0.4 is 9.80 Å². The summed E-state index contributed by atoms with van der Waals surface area (Å²) in [4.78, 5) is 4.84. The van der Waals surface area contributed by atoms with Crippen LogP contribution in [0.5, 0.6) is 0 Å². The molecule has 0 amide bonds. The van der Waals surface area contributed by atoms with Gasteiger partial charge in [-0.15, -0.1) is 0 Å². The summed E-state index contributed by atoms with van der Waals surface area (Å²) in [7, 11) is 0. The van der Waals surface area contributed by atoms with Crippen LogP contribution in [0.3, 0.4) is 0 Å². The molecular weight excluding hydrogens is 869 g/mol. The topological polar surface area (TPSA) is 6.48 Å². The third-order valence-electron chi connectivity index (χ3n) is 13.6. The van der Waals surface area contributed by atoms with Crippen LogP contribution in [0.4, 0.5) is 34.1 Å². The average molecular weight is 919 g/mol. The summed E-state index contributed by atoms with van der Waals surface area (Å²) in [6.07, 6.45) is 4.45. The van der Waals surface area contributed by atoms with Crippen molar-refractivity contribution in [2.75, 3.05) is 9.80 Å². The van der Waals surface area contributed by atoms with Crippen molar-refractivity contribution in [2.45, 2.75) is 0 Å². The van der Waals surface area contributed by atoms with E-state index in [0.717, 1.165) is 45.3 Å². The Balaban J connectivity index is 0.877. The van der Waals surface area contributed by atoms with Crippen molar-refractivity contribution in [3.63, 3.8) is 0 Å². The van der Waals surface area contributed by atoms with Crippen LogP contribution >= 0.6 is 0 Å². The minimum Gasteiger partial charge on any atom is -0.309 e. The molecule has 340 valence electrons. The summed E-state index contributed by atoms with van der Waals surface area (Å²) in [5, 5.41) is 4.73. The Morgan fingerprint density at radius 3 is 0.764 bits per heavy atom. The van der Waals surface area contributed by atoms with E-state index in [0.29, 0.717) is 0 Å². The molecule has 0 aliphatic carbocycles. The van der Waals surface area contributed by atoms with E-state index in [1.165, 1.54) is 66.1 Å². The van der Waals surface area contributed by atoms with Gasteiger partial charge in [-0.05, 0) is 116 Å². The van der Waals surface area contributed by atoms with Crippen molar-refractivity contribution in [3.8, 4) is 44.5 Å². The molecule has 0 saturated heterocycles. The van der Waals surface area contributed by atoms with Crippen molar-refractivity contribution >= 4 is 67.8 Å². The highest BCUT2D eigenvalue weighted by Crippen LogP contribution is 2.47. The van der Waals surface area contributed by atoms with Crippen LogP contribution in [0.2, 0.25) is 0 Å². The first-order valence-electron chi connectivity index (χ1n) is 24.7. The first-order chi connectivity index (χ1) is 35.7. The van der Waals surface area contributed by atoms with Gasteiger partial charge in [0, 0.05) is 33.6 Å². The maximum Gasteiger partial charge on any atom is 0.0540 e. The minimum atomic E-state index is 1.10. The molecule has 0 aliphatic heterocycles. The molecule has 12 aromatic carbocycles. The van der Waals surface area contributed by atoms with Gasteiger partial charge < -0.3 is 9.80 Å². The first kappa shape index (κ1) is 43.8. The van der Waals surface area contributed by atoms with Gasteiger partial charge in [-0.3, -0.25) is 0 Å². The van der Waals surface area contributed by atoms with Crippen LogP contribution in [0, 0.1) is 0 Å². The van der Waals surface area contributed by atoms with E-state index in [-0.39, 0.29) is 0 Å². The summed E-state index contributed by atoms with van der Waals surface area (Å²) in [6.45, 7) is 0. The molecule has 2 heteroatoms. The molecule has 0 aromatic heterocycles. The van der Waals surface area contributed by atoms with Gasteiger partial charge in [0.05, 0.1) is 22.7 Å². The van der Waals surface area contributed by atoms with Crippen molar-refractivity contribution in [1.82, 2.24) is 0 Å². The maximum absolute atomic E-state index is 2.42. The quantitative estimate of drug-likeness (QED) is 0.113. The normalized spacial score (nSPS) is 11.3. The van der Waals surface area contributed by atoms with Crippen molar-refractivity contribution < 1.29 is 0 Å². The van der Waals surface area contributed by atoms with Crippen molar-refractivity contribution in [2.24, 2.45) is 0 Å². The number of nitrogens with zero attached hydrogens (tertiary/aromatic N) is 2. The summed E-state index contributed by atoms with van der Waals surface area (Å²) < 4.78 is 0. The highest BCUT2D eigenvalue weighted by atomic mass is 15.2. The van der Waals surface area contributed by atoms with Gasteiger partial charge in [-0.25, -0.2) is 0 Å². The average Bonchev–Trinajstić information content (AvgIpc) is 3.46. The predicted molar refractivity (Wildman–Crippen MR) is 308 cm³/mol. The molecule has 0 unspecified atom stereocenters. The van der Waals surface area contributed by atoms with E-state index < -0.39 is 0 Å². The molecule has 0 N–H and O–H groups in total. The molecule has 0 fully saturated rings. The third kappa shape index (κ3) is 8.86. The molecule has 0 radical (unpaired) electrons. The van der Waals surface area contributed by atoms with E-state index in [9.17, 15) is 0 Å². The minimum absolute atomic E-state index is 1.10. The zero-order valence-electron chi connectivity index (χ0n) is 39.8. The smallest absolute Gasteiger partial charge is 0.0540 e. The van der Waals surface area contributed by atoms with Crippen LogP contribution in [0.25, 0.3) is 78.2 Å². The Morgan fingerprint density at radius 1 is 0.208 bits per heavy atom. The Hall–Kier alpha value is -9.50. The number of benzene rings is 12. The van der Waals surface area contributed by atoms with Crippen molar-refractivity contribution in [3.05, 3.63) is 302 Å². The van der Waals surface area contributed by atoms with Gasteiger partial charge in [-0.1, -0.05) is 243 Å². The second kappa shape index (κ2) is 19.8. The lowest BCUT2D eigenvalue weighted by Crippen LogP contribution is -2.12. The monoisotopic (exact) mass is 918 g/mol. The fraction of sp³-hybridized carbons (Fsp3) is 0. The molecule has 72 heavy (non-hydrogen) atoms. The van der Waals surface area contributed by atoms with E-state index in [2.05, 4.69) is 313 Å². The zero-order chi connectivity index (χ0) is 48.1. The molecular formula is C70H50N2. The highest BCUT2D eigenvalue weighted by molar-refractivity contribution is 5.99. The molecule has 0 heterocycles. The number of anilines is 6. The van der Waals surface area contributed by atoms with Crippen molar-refractivity contribution in [1.29, 1.82) is 0 Å². The first-order valence-corrected chi connectivity index (χ1v) is 24.7. The summed E-state index contributed by atoms with van der Waals surface area (Å²) in [6, 6.07) is 105. The van der Waals surface area contributed by atoms with Gasteiger partial charge in [-0.2, -0.15) is 0 Å². The molecule has 0 atom stereocenters. The van der Waals surface area contributed by atoms with Gasteiger partial charge in [0.25, 0.3) is 0 Å². The fourth-order valence-electron chi connectivity index (χ4n) is 10.1. The fourth-order valence-corrected chi connectivity index (χ4v) is 10.1. The number of fused-ring (bicyclic) bond motifs is 2. The SMILES string of the molecule is C(=Cc1ccc2cc(N(c3ccccc3-c3ccccc3)c3ccccc3-c3ccccc3)ccc2c1)c1ccc2cc(N(c3ccccc3-c3ccccc3)c3ccccc3-c3ccccc3)ccc2c1. The zero-order valence-corrected chi connectivity index (χ0v) is 39.8. The molecule has 0 spiro atoms. The predicted octanol–water partition coefficient (Wildman–Crippen LogP) is 19.8. The Bertz CT molecular complexity index is 3440. The second-order valence-corrected chi connectivity index (χ2v) is 18.1. The number of para-hydroxylation sites is 4. The third-order valence-corrected chi connectivity index (χ3v) is 13.6. The van der Waals surface area contributed by atoms with Crippen LogP contribution in [-0.4, -0.2) is 0 Å². The van der Waals surface area contributed by atoms with Crippen LogP contribution in [0.15, 0.2) is 291 Å². The van der Waals surface area contributed by atoms with Crippen LogP contribution in [0.1, 0.15) is 11.1 Å². The van der Waals surface area contributed by atoms with Crippen LogP contribution in [-0.2, 0) is 0 Å². The molecule has 0 aliphatic rings. The summed E-state index contributed by atoms with van der Waals surface area (Å²) in [5.41, 5.74) is 18.4. The van der Waals surface area contributed by atoms with E-state index in [1.807, 2.05) is 0 Å². The summed E-state index contributed by atoms with van der Waals surface area (Å²) >= 11 is 0. The molecule has 12 rings (SSSR count). The molecule has 12 aromatic rings. The maximum atomic E-state index is 2.42. The lowest BCUT2D eigenvalue weighted by Gasteiger charge is -2.30. The molecule has 0 saturated carbocycles. The largest absolute Gasteiger partial charge is 0.309 e. The lowest BCUT2D eigenvalue weighted by molar-refractivity contribution is 1.29. The van der Waals surface area contributed by atoms with Gasteiger partial charge in [0.1, 0.15) is 0 Å².